The lowest BCUT2D eigenvalue weighted by molar-refractivity contribution is 0.545. The van der Waals surface area contributed by atoms with Gasteiger partial charge in [0.05, 0.1) is 4.47 Å². The Bertz CT molecular complexity index is 717. The van der Waals surface area contributed by atoms with Crippen molar-refractivity contribution in [1.82, 2.24) is 4.72 Å². The molecule has 3 N–H and O–H groups in total. The van der Waals surface area contributed by atoms with Crippen LogP contribution >= 0.6 is 27.3 Å². The molecular weight excluding hydrogens is 367 g/mol. The average Bonchev–Trinajstić information content (AvgIpc) is 2.86. The number of halogens is 2. The molecule has 1 atom stereocenters. The molecule has 0 saturated carbocycles. The van der Waals surface area contributed by atoms with Crippen molar-refractivity contribution in [3.8, 4) is 0 Å². The number of nitrogens with one attached hydrogen (secondary N) is 1. The summed E-state index contributed by atoms with van der Waals surface area (Å²) in [5.41, 5.74) is 6.55. The van der Waals surface area contributed by atoms with E-state index in [1.54, 1.807) is 6.92 Å². The molecule has 108 valence electrons. The van der Waals surface area contributed by atoms with E-state index in [0.29, 0.717) is 0 Å². The molecule has 20 heavy (non-hydrogen) atoms. The second kappa shape index (κ2) is 5.80. The van der Waals surface area contributed by atoms with Gasteiger partial charge in [-0.15, -0.1) is 0 Å². The average molecular weight is 379 g/mol. The number of anilines is 1. The lowest BCUT2D eigenvalue weighted by atomic mass is 10.2. The number of rotatable bonds is 4. The van der Waals surface area contributed by atoms with Gasteiger partial charge in [0, 0.05) is 11.7 Å². The quantitative estimate of drug-likeness (QED) is 0.801. The normalized spacial score (nSPS) is 13.3. The zero-order chi connectivity index (χ0) is 14.9. The fourth-order valence-corrected chi connectivity index (χ4v) is 4.39. The van der Waals surface area contributed by atoms with E-state index in [1.807, 2.05) is 16.8 Å². The van der Waals surface area contributed by atoms with E-state index in [1.165, 1.54) is 17.4 Å². The first-order chi connectivity index (χ1) is 9.31. The van der Waals surface area contributed by atoms with Gasteiger partial charge in [-0.2, -0.15) is 11.3 Å². The van der Waals surface area contributed by atoms with E-state index in [9.17, 15) is 12.8 Å². The van der Waals surface area contributed by atoms with Crippen molar-refractivity contribution in [2.75, 3.05) is 5.73 Å². The highest BCUT2D eigenvalue weighted by Gasteiger charge is 2.24. The van der Waals surface area contributed by atoms with Crippen molar-refractivity contribution in [2.45, 2.75) is 17.9 Å². The van der Waals surface area contributed by atoms with Crippen molar-refractivity contribution < 1.29 is 12.8 Å². The number of sulfonamides is 1. The second-order valence-electron chi connectivity index (χ2n) is 4.21. The number of benzene rings is 1. The maximum Gasteiger partial charge on any atom is 0.244 e. The third kappa shape index (κ3) is 3.20. The van der Waals surface area contributed by atoms with Crippen LogP contribution < -0.4 is 10.5 Å². The Kier molecular flexibility index (Phi) is 4.48. The summed E-state index contributed by atoms with van der Waals surface area (Å²) in [6.45, 7) is 1.69. The first-order valence-electron chi connectivity index (χ1n) is 5.60. The lowest BCUT2D eigenvalue weighted by Crippen LogP contribution is -2.27. The minimum absolute atomic E-state index is 0.0149. The topological polar surface area (TPSA) is 72.2 Å². The third-order valence-corrected chi connectivity index (χ3v) is 5.50. The Morgan fingerprint density at radius 1 is 1.45 bits per heavy atom. The van der Waals surface area contributed by atoms with Gasteiger partial charge in [-0.05, 0) is 57.4 Å². The molecule has 0 saturated heterocycles. The van der Waals surface area contributed by atoms with Gasteiger partial charge in [-0.3, -0.25) is 0 Å². The molecule has 1 heterocycles. The summed E-state index contributed by atoms with van der Waals surface area (Å²) in [7, 11) is -3.99. The molecule has 0 fully saturated rings. The van der Waals surface area contributed by atoms with E-state index in [4.69, 9.17) is 5.73 Å². The van der Waals surface area contributed by atoms with Crippen LogP contribution in [0.15, 0.2) is 38.3 Å². The predicted octanol–water partition coefficient (Wildman–Crippen LogP) is 3.27. The van der Waals surface area contributed by atoms with Gasteiger partial charge >= 0.3 is 0 Å². The highest BCUT2D eigenvalue weighted by molar-refractivity contribution is 9.10. The molecule has 0 spiro atoms. The summed E-state index contributed by atoms with van der Waals surface area (Å²) in [4.78, 5) is -0.466. The zero-order valence-electron chi connectivity index (χ0n) is 10.4. The van der Waals surface area contributed by atoms with Gasteiger partial charge in [0.2, 0.25) is 10.0 Å². The minimum atomic E-state index is -3.99. The van der Waals surface area contributed by atoms with Gasteiger partial charge in [0.15, 0.2) is 5.82 Å². The van der Waals surface area contributed by atoms with Crippen LogP contribution in [0.25, 0.3) is 0 Å². The summed E-state index contributed by atoms with van der Waals surface area (Å²) < 4.78 is 40.9. The van der Waals surface area contributed by atoms with Crippen LogP contribution in [-0.4, -0.2) is 8.42 Å². The molecule has 0 amide bonds. The molecule has 2 aromatic rings. The second-order valence-corrected chi connectivity index (χ2v) is 7.53. The number of thiophene rings is 1. The predicted molar refractivity (Wildman–Crippen MR) is 81.6 cm³/mol. The summed E-state index contributed by atoms with van der Waals surface area (Å²) in [5, 5.41) is 3.68. The molecule has 1 aromatic carbocycles. The Labute approximate surface area is 129 Å². The van der Waals surface area contributed by atoms with Crippen LogP contribution in [0.5, 0.6) is 0 Å². The first-order valence-corrected chi connectivity index (χ1v) is 8.82. The molecule has 0 aliphatic heterocycles. The Morgan fingerprint density at radius 2 is 2.15 bits per heavy atom. The van der Waals surface area contributed by atoms with E-state index in [2.05, 4.69) is 20.7 Å². The fourth-order valence-electron chi connectivity index (χ4n) is 1.66. The Morgan fingerprint density at radius 3 is 2.75 bits per heavy atom. The summed E-state index contributed by atoms with van der Waals surface area (Å²) >= 11 is 4.41. The number of nitrogen functional groups attached to an aromatic ring is 1. The molecule has 0 aliphatic carbocycles. The summed E-state index contributed by atoms with van der Waals surface area (Å²) in [5.74, 6) is -0.857. The van der Waals surface area contributed by atoms with Gasteiger partial charge in [-0.25, -0.2) is 17.5 Å². The minimum Gasteiger partial charge on any atom is -0.399 e. The smallest absolute Gasteiger partial charge is 0.244 e. The van der Waals surface area contributed by atoms with E-state index in [-0.39, 0.29) is 10.2 Å². The van der Waals surface area contributed by atoms with Gasteiger partial charge < -0.3 is 5.73 Å². The molecule has 0 aliphatic rings. The van der Waals surface area contributed by atoms with Crippen molar-refractivity contribution in [3.63, 3.8) is 0 Å². The van der Waals surface area contributed by atoms with Crippen LogP contribution in [0, 0.1) is 5.82 Å². The van der Waals surface area contributed by atoms with Crippen LogP contribution in [0.1, 0.15) is 18.5 Å². The number of hydrogen-bond donors (Lipinski definition) is 2. The Balaban J connectivity index is 2.36. The highest BCUT2D eigenvalue weighted by atomic mass is 79.9. The molecule has 8 heteroatoms. The van der Waals surface area contributed by atoms with Crippen molar-refractivity contribution in [2.24, 2.45) is 0 Å². The van der Waals surface area contributed by atoms with Crippen LogP contribution in [0.2, 0.25) is 0 Å². The van der Waals surface area contributed by atoms with E-state index in [0.717, 1.165) is 11.6 Å². The van der Waals surface area contributed by atoms with E-state index < -0.39 is 26.8 Å². The Hall–Kier alpha value is -0.960. The standard InChI is InChI=1S/C12H12BrFN2O2S2/c1-7(8-2-3-19-6-8)16-20(17,18)11-5-9(15)4-10(13)12(11)14/h2-7,16H,15H2,1H3. The zero-order valence-corrected chi connectivity index (χ0v) is 13.6. The number of nitrogens with two attached hydrogens (primary N) is 1. The summed E-state index contributed by atoms with van der Waals surface area (Å²) in [6.07, 6.45) is 0. The fraction of sp³-hybridized carbons (Fsp3) is 0.167. The number of hydrogen-bond acceptors (Lipinski definition) is 4. The molecule has 0 bridgehead atoms. The van der Waals surface area contributed by atoms with Gasteiger partial charge in [0.1, 0.15) is 4.90 Å². The maximum atomic E-state index is 14.0. The monoisotopic (exact) mass is 378 g/mol. The van der Waals surface area contributed by atoms with E-state index >= 15 is 0 Å². The van der Waals surface area contributed by atoms with Crippen molar-refractivity contribution in [1.29, 1.82) is 0 Å². The van der Waals surface area contributed by atoms with Crippen molar-refractivity contribution in [3.05, 3.63) is 44.8 Å². The van der Waals surface area contributed by atoms with Crippen LogP contribution in [0.4, 0.5) is 10.1 Å². The third-order valence-electron chi connectivity index (χ3n) is 2.68. The SMILES string of the molecule is CC(NS(=O)(=O)c1cc(N)cc(Br)c1F)c1ccsc1. The lowest BCUT2D eigenvalue weighted by Gasteiger charge is -2.14. The maximum absolute atomic E-state index is 14.0. The molecule has 2 rings (SSSR count). The van der Waals surface area contributed by atoms with Gasteiger partial charge in [0.25, 0.3) is 0 Å². The van der Waals surface area contributed by atoms with Crippen molar-refractivity contribution >= 4 is 43.0 Å². The largest absolute Gasteiger partial charge is 0.399 e. The molecule has 1 aromatic heterocycles. The van der Waals surface area contributed by atoms with Gasteiger partial charge in [-0.1, -0.05) is 0 Å². The van der Waals surface area contributed by atoms with Crippen LogP contribution in [0.3, 0.4) is 0 Å². The highest BCUT2D eigenvalue weighted by Crippen LogP contribution is 2.27. The molecule has 0 radical (unpaired) electrons. The first kappa shape index (κ1) is 15.4. The molecule has 1 unspecified atom stereocenters. The summed E-state index contributed by atoms with van der Waals surface area (Å²) in [6, 6.07) is 3.77. The molecule has 4 nitrogen and oxygen atoms in total. The van der Waals surface area contributed by atoms with Crippen LogP contribution in [-0.2, 0) is 10.0 Å². The molecular formula is C12H12BrFN2O2S2.